The molecule has 2 rings (SSSR count). The van der Waals surface area contributed by atoms with Gasteiger partial charge in [0.15, 0.2) is 18.1 Å². The van der Waals surface area contributed by atoms with Gasteiger partial charge in [0.05, 0.1) is 13.2 Å². The van der Waals surface area contributed by atoms with Gasteiger partial charge >= 0.3 is 0 Å². The van der Waals surface area contributed by atoms with Gasteiger partial charge in [0, 0.05) is 11.8 Å². The van der Waals surface area contributed by atoms with Crippen molar-refractivity contribution >= 4 is 11.6 Å². The molecule has 0 radical (unpaired) electrons. The third kappa shape index (κ3) is 5.15. The van der Waals surface area contributed by atoms with E-state index in [9.17, 15) is 9.18 Å². The van der Waals surface area contributed by atoms with Crippen LogP contribution in [-0.4, -0.2) is 25.7 Å². The van der Waals surface area contributed by atoms with Crippen molar-refractivity contribution in [3.63, 3.8) is 0 Å². The minimum absolute atomic E-state index is 0.178. The highest BCUT2D eigenvalue weighted by molar-refractivity contribution is 5.92. The smallest absolute Gasteiger partial charge is 0.262 e. The molecule has 0 bridgehead atoms. The Morgan fingerprint density at radius 2 is 1.62 bits per heavy atom. The van der Waals surface area contributed by atoms with Crippen LogP contribution < -0.4 is 19.5 Å². The third-order valence-corrected chi connectivity index (χ3v) is 3.01. The zero-order chi connectivity index (χ0) is 17.4. The maximum Gasteiger partial charge on any atom is 0.262 e. The van der Waals surface area contributed by atoms with Crippen LogP contribution in [0.25, 0.3) is 0 Å². The Morgan fingerprint density at radius 1 is 0.958 bits per heavy atom. The Morgan fingerprint density at radius 3 is 2.29 bits per heavy atom. The van der Waals surface area contributed by atoms with E-state index in [1.165, 1.54) is 24.3 Å². The molecule has 5 nitrogen and oxygen atoms in total. The van der Waals surface area contributed by atoms with Crippen LogP contribution in [0.2, 0.25) is 0 Å². The lowest BCUT2D eigenvalue weighted by molar-refractivity contribution is -0.118. The van der Waals surface area contributed by atoms with Crippen LogP contribution in [-0.2, 0) is 4.79 Å². The Kier molecular flexibility index (Phi) is 6.42. The SMILES string of the molecule is CCOc1ccc(NC(=O)COc2ccc(F)cc2)cc1OCC. The second-order valence-corrected chi connectivity index (χ2v) is 4.82. The molecule has 2 aromatic rings. The number of anilines is 1. The summed E-state index contributed by atoms with van der Waals surface area (Å²) in [5, 5.41) is 2.72. The fourth-order valence-corrected chi connectivity index (χ4v) is 2.01. The van der Waals surface area contributed by atoms with E-state index in [1.54, 1.807) is 18.2 Å². The number of amides is 1. The van der Waals surface area contributed by atoms with Crippen LogP contribution in [0.1, 0.15) is 13.8 Å². The Bertz CT molecular complexity index is 673. The molecular weight excluding hydrogens is 313 g/mol. The van der Waals surface area contributed by atoms with Gasteiger partial charge in [0.1, 0.15) is 11.6 Å². The number of hydrogen-bond acceptors (Lipinski definition) is 4. The molecule has 0 aliphatic rings. The minimum atomic E-state index is -0.357. The largest absolute Gasteiger partial charge is 0.490 e. The summed E-state index contributed by atoms with van der Waals surface area (Å²) < 4.78 is 29.1. The number of ether oxygens (including phenoxy) is 3. The lowest BCUT2D eigenvalue weighted by atomic mass is 10.2. The fourth-order valence-electron chi connectivity index (χ4n) is 2.01. The number of carbonyl (C=O) groups excluding carboxylic acids is 1. The van der Waals surface area contributed by atoms with Crippen LogP contribution in [0.4, 0.5) is 10.1 Å². The molecule has 0 atom stereocenters. The Hall–Kier alpha value is -2.76. The van der Waals surface area contributed by atoms with Gasteiger partial charge in [-0.25, -0.2) is 4.39 Å². The van der Waals surface area contributed by atoms with E-state index in [-0.39, 0.29) is 18.3 Å². The van der Waals surface area contributed by atoms with Crippen LogP contribution >= 0.6 is 0 Å². The average molecular weight is 333 g/mol. The van der Waals surface area contributed by atoms with Crippen molar-refractivity contribution in [2.75, 3.05) is 25.1 Å². The van der Waals surface area contributed by atoms with Gasteiger partial charge in [0.2, 0.25) is 0 Å². The first kappa shape index (κ1) is 17.6. The lowest BCUT2D eigenvalue weighted by Gasteiger charge is -2.13. The molecule has 2 aromatic carbocycles. The molecule has 0 saturated heterocycles. The van der Waals surface area contributed by atoms with Gasteiger partial charge in [-0.15, -0.1) is 0 Å². The third-order valence-electron chi connectivity index (χ3n) is 3.01. The number of hydrogen-bond donors (Lipinski definition) is 1. The van der Waals surface area contributed by atoms with E-state index in [0.29, 0.717) is 36.1 Å². The second-order valence-electron chi connectivity index (χ2n) is 4.82. The summed E-state index contributed by atoms with van der Waals surface area (Å²) in [6.45, 7) is 4.60. The minimum Gasteiger partial charge on any atom is -0.490 e. The molecular formula is C18H20FNO4. The van der Waals surface area contributed by atoms with Crippen molar-refractivity contribution in [1.29, 1.82) is 0 Å². The van der Waals surface area contributed by atoms with Gasteiger partial charge in [-0.2, -0.15) is 0 Å². The molecule has 1 amide bonds. The Labute approximate surface area is 140 Å². The summed E-state index contributed by atoms with van der Waals surface area (Å²) in [6.07, 6.45) is 0. The molecule has 0 fully saturated rings. The van der Waals surface area contributed by atoms with Gasteiger partial charge in [-0.3, -0.25) is 4.79 Å². The second kappa shape index (κ2) is 8.76. The molecule has 0 aliphatic heterocycles. The molecule has 24 heavy (non-hydrogen) atoms. The fraction of sp³-hybridized carbons (Fsp3) is 0.278. The normalized spacial score (nSPS) is 10.1. The average Bonchev–Trinajstić information content (AvgIpc) is 2.57. The standard InChI is InChI=1S/C18H20FNO4/c1-3-22-16-10-7-14(11-17(16)23-4-2)20-18(21)12-24-15-8-5-13(19)6-9-15/h5-11H,3-4,12H2,1-2H3,(H,20,21). The number of benzene rings is 2. The summed E-state index contributed by atoms with van der Waals surface area (Å²) in [5.41, 5.74) is 0.578. The summed E-state index contributed by atoms with van der Waals surface area (Å²) in [4.78, 5) is 12.0. The van der Waals surface area contributed by atoms with E-state index < -0.39 is 0 Å². The van der Waals surface area contributed by atoms with Crippen LogP contribution in [0.5, 0.6) is 17.2 Å². The molecule has 0 unspecified atom stereocenters. The highest BCUT2D eigenvalue weighted by atomic mass is 19.1. The zero-order valence-corrected chi connectivity index (χ0v) is 13.7. The van der Waals surface area contributed by atoms with E-state index in [2.05, 4.69) is 5.32 Å². The van der Waals surface area contributed by atoms with Gasteiger partial charge in [-0.1, -0.05) is 0 Å². The number of carbonyl (C=O) groups is 1. The van der Waals surface area contributed by atoms with Crippen LogP contribution in [0.3, 0.4) is 0 Å². The summed E-state index contributed by atoms with van der Waals surface area (Å²) in [7, 11) is 0. The molecule has 128 valence electrons. The van der Waals surface area contributed by atoms with Crippen molar-refractivity contribution < 1.29 is 23.4 Å². The molecule has 0 saturated carbocycles. The quantitative estimate of drug-likeness (QED) is 0.801. The van der Waals surface area contributed by atoms with E-state index >= 15 is 0 Å². The van der Waals surface area contributed by atoms with Crippen LogP contribution in [0, 0.1) is 5.82 Å². The Balaban J connectivity index is 1.95. The topological polar surface area (TPSA) is 56.8 Å². The molecule has 1 N–H and O–H groups in total. The van der Waals surface area contributed by atoms with Crippen molar-refractivity contribution in [1.82, 2.24) is 0 Å². The first-order valence-electron chi connectivity index (χ1n) is 7.70. The molecule has 0 aromatic heterocycles. The number of halogens is 1. The first-order chi connectivity index (χ1) is 11.6. The monoisotopic (exact) mass is 333 g/mol. The maximum atomic E-state index is 12.8. The van der Waals surface area contributed by atoms with Gasteiger partial charge in [0.25, 0.3) is 5.91 Å². The van der Waals surface area contributed by atoms with Crippen molar-refractivity contribution in [2.24, 2.45) is 0 Å². The van der Waals surface area contributed by atoms with E-state index in [4.69, 9.17) is 14.2 Å². The zero-order valence-electron chi connectivity index (χ0n) is 13.7. The van der Waals surface area contributed by atoms with Crippen molar-refractivity contribution in [3.05, 3.63) is 48.3 Å². The molecule has 6 heteroatoms. The highest BCUT2D eigenvalue weighted by Gasteiger charge is 2.09. The van der Waals surface area contributed by atoms with Crippen molar-refractivity contribution in [3.8, 4) is 17.2 Å². The van der Waals surface area contributed by atoms with E-state index in [1.807, 2.05) is 13.8 Å². The predicted octanol–water partition coefficient (Wildman–Crippen LogP) is 3.64. The van der Waals surface area contributed by atoms with Gasteiger partial charge in [-0.05, 0) is 50.2 Å². The van der Waals surface area contributed by atoms with E-state index in [0.717, 1.165) is 0 Å². The summed E-state index contributed by atoms with van der Waals surface area (Å²) >= 11 is 0. The first-order valence-corrected chi connectivity index (χ1v) is 7.70. The predicted molar refractivity (Wildman–Crippen MR) is 89.3 cm³/mol. The summed E-state index contributed by atoms with van der Waals surface area (Å²) in [5.74, 6) is 0.931. The number of nitrogens with one attached hydrogen (secondary N) is 1. The molecule has 0 heterocycles. The summed E-state index contributed by atoms with van der Waals surface area (Å²) in [6, 6.07) is 10.6. The molecule has 0 spiro atoms. The lowest BCUT2D eigenvalue weighted by Crippen LogP contribution is -2.20. The van der Waals surface area contributed by atoms with Gasteiger partial charge < -0.3 is 19.5 Å². The van der Waals surface area contributed by atoms with Crippen LogP contribution in [0.15, 0.2) is 42.5 Å². The number of rotatable bonds is 8. The maximum absolute atomic E-state index is 12.8. The molecule has 0 aliphatic carbocycles. The highest BCUT2D eigenvalue weighted by Crippen LogP contribution is 2.30. The van der Waals surface area contributed by atoms with Crippen molar-refractivity contribution in [2.45, 2.75) is 13.8 Å².